The van der Waals surface area contributed by atoms with Gasteiger partial charge in [0.15, 0.2) is 0 Å². The van der Waals surface area contributed by atoms with E-state index in [2.05, 4.69) is 11.9 Å². The van der Waals surface area contributed by atoms with Crippen LogP contribution in [0.5, 0.6) is 0 Å². The molecule has 2 heterocycles. The van der Waals surface area contributed by atoms with Gasteiger partial charge in [-0.25, -0.2) is 0 Å². The van der Waals surface area contributed by atoms with Crippen molar-refractivity contribution < 1.29 is 4.79 Å². The lowest BCUT2D eigenvalue weighted by atomic mass is 10.3. The van der Waals surface area contributed by atoms with E-state index in [4.69, 9.17) is 0 Å². The summed E-state index contributed by atoms with van der Waals surface area (Å²) in [6, 6.07) is 4.66. The second-order valence-corrected chi connectivity index (χ2v) is 5.41. The molecular formula is C11H14N2O2S. The third-order valence-corrected chi connectivity index (χ3v) is 3.66. The lowest BCUT2D eigenvalue weighted by molar-refractivity contribution is 0.0757. The van der Waals surface area contributed by atoms with E-state index in [1.165, 1.54) is 6.07 Å². The zero-order valence-corrected chi connectivity index (χ0v) is 9.92. The molecule has 4 nitrogen and oxygen atoms in total. The fourth-order valence-corrected chi connectivity index (χ4v) is 2.76. The van der Waals surface area contributed by atoms with Crippen LogP contribution in [0.2, 0.25) is 0 Å². The number of thioether (sulfide) groups is 1. The van der Waals surface area contributed by atoms with Crippen molar-refractivity contribution in [3.8, 4) is 0 Å². The quantitative estimate of drug-likeness (QED) is 0.792. The van der Waals surface area contributed by atoms with Gasteiger partial charge in [-0.15, -0.1) is 0 Å². The SMILES string of the molecule is CC1CN(C(=O)c2cccc(=O)[nH]2)CCS1. The Morgan fingerprint density at radius 3 is 3.06 bits per heavy atom. The van der Waals surface area contributed by atoms with Crippen LogP contribution in [0.4, 0.5) is 0 Å². The Morgan fingerprint density at radius 2 is 2.38 bits per heavy atom. The second-order valence-electron chi connectivity index (χ2n) is 3.86. The highest BCUT2D eigenvalue weighted by atomic mass is 32.2. The van der Waals surface area contributed by atoms with Crippen LogP contribution in [0.1, 0.15) is 17.4 Å². The summed E-state index contributed by atoms with van der Waals surface area (Å²) in [6.07, 6.45) is 0. The number of rotatable bonds is 1. The van der Waals surface area contributed by atoms with Crippen molar-refractivity contribution in [3.05, 3.63) is 34.2 Å². The summed E-state index contributed by atoms with van der Waals surface area (Å²) in [6.45, 7) is 3.61. The van der Waals surface area contributed by atoms with Crippen molar-refractivity contribution in [2.75, 3.05) is 18.8 Å². The van der Waals surface area contributed by atoms with Crippen LogP contribution < -0.4 is 5.56 Å². The molecule has 0 bridgehead atoms. The van der Waals surface area contributed by atoms with Crippen molar-refractivity contribution >= 4 is 17.7 Å². The third-order valence-electron chi connectivity index (χ3n) is 2.53. The maximum atomic E-state index is 12.0. The number of hydrogen-bond acceptors (Lipinski definition) is 3. The van der Waals surface area contributed by atoms with Gasteiger partial charge >= 0.3 is 0 Å². The van der Waals surface area contributed by atoms with Gasteiger partial charge < -0.3 is 9.88 Å². The fraction of sp³-hybridized carbons (Fsp3) is 0.455. The summed E-state index contributed by atoms with van der Waals surface area (Å²) in [4.78, 5) is 27.5. The van der Waals surface area contributed by atoms with E-state index in [0.29, 0.717) is 10.9 Å². The monoisotopic (exact) mass is 238 g/mol. The molecule has 0 saturated carbocycles. The standard InChI is InChI=1S/C11H14N2O2S/c1-8-7-13(5-6-16-8)11(15)9-3-2-4-10(14)12-9/h2-4,8H,5-7H2,1H3,(H,12,14). The van der Waals surface area contributed by atoms with E-state index in [1.807, 2.05) is 11.8 Å². The molecule has 86 valence electrons. The van der Waals surface area contributed by atoms with Crippen LogP contribution in [-0.2, 0) is 0 Å². The average Bonchev–Trinajstić information content (AvgIpc) is 2.28. The molecule has 0 spiro atoms. The molecule has 1 aromatic rings. The van der Waals surface area contributed by atoms with Gasteiger partial charge in [-0.05, 0) is 6.07 Å². The average molecular weight is 238 g/mol. The molecule has 1 saturated heterocycles. The Bertz CT molecular complexity index is 444. The van der Waals surface area contributed by atoms with Crippen molar-refractivity contribution in [2.24, 2.45) is 0 Å². The molecular weight excluding hydrogens is 224 g/mol. The topological polar surface area (TPSA) is 53.2 Å². The first-order chi connectivity index (χ1) is 7.66. The Balaban J connectivity index is 2.15. The predicted molar refractivity (Wildman–Crippen MR) is 64.9 cm³/mol. The number of pyridine rings is 1. The molecule has 1 aromatic heterocycles. The van der Waals surface area contributed by atoms with Gasteiger partial charge in [-0.2, -0.15) is 11.8 Å². The zero-order chi connectivity index (χ0) is 11.5. The highest BCUT2D eigenvalue weighted by molar-refractivity contribution is 7.99. The lowest BCUT2D eigenvalue weighted by Crippen LogP contribution is -2.41. The molecule has 1 atom stereocenters. The largest absolute Gasteiger partial charge is 0.335 e. The van der Waals surface area contributed by atoms with Gasteiger partial charge in [0, 0.05) is 30.2 Å². The number of H-pyrrole nitrogens is 1. The molecule has 0 radical (unpaired) electrons. The summed E-state index contributed by atoms with van der Waals surface area (Å²) in [5.74, 6) is 0.883. The number of carbonyl (C=O) groups excluding carboxylic acids is 1. The van der Waals surface area contributed by atoms with Gasteiger partial charge in [0.05, 0.1) is 0 Å². The Labute approximate surface area is 98.0 Å². The zero-order valence-electron chi connectivity index (χ0n) is 9.10. The minimum Gasteiger partial charge on any atom is -0.335 e. The summed E-state index contributed by atoms with van der Waals surface area (Å²) >= 11 is 1.87. The maximum Gasteiger partial charge on any atom is 0.270 e. The molecule has 1 amide bonds. The molecule has 1 N–H and O–H groups in total. The number of hydrogen-bond donors (Lipinski definition) is 1. The number of aromatic nitrogens is 1. The van der Waals surface area contributed by atoms with Gasteiger partial charge in [0.2, 0.25) is 5.56 Å². The van der Waals surface area contributed by atoms with Crippen molar-refractivity contribution in [3.63, 3.8) is 0 Å². The van der Waals surface area contributed by atoms with Crippen LogP contribution in [0, 0.1) is 0 Å². The van der Waals surface area contributed by atoms with E-state index < -0.39 is 0 Å². The van der Waals surface area contributed by atoms with E-state index in [9.17, 15) is 9.59 Å². The first-order valence-corrected chi connectivity index (χ1v) is 6.32. The minimum absolute atomic E-state index is 0.0788. The smallest absolute Gasteiger partial charge is 0.270 e. The van der Waals surface area contributed by atoms with Crippen LogP contribution >= 0.6 is 11.8 Å². The molecule has 1 aliphatic heterocycles. The van der Waals surface area contributed by atoms with Crippen LogP contribution in [-0.4, -0.2) is 39.9 Å². The first-order valence-electron chi connectivity index (χ1n) is 5.27. The second kappa shape index (κ2) is 4.74. The summed E-state index contributed by atoms with van der Waals surface area (Å²) in [7, 11) is 0. The van der Waals surface area contributed by atoms with E-state index in [-0.39, 0.29) is 11.5 Å². The number of aromatic amines is 1. The summed E-state index contributed by atoms with van der Waals surface area (Å²) in [5.41, 5.74) is 0.150. The maximum absolute atomic E-state index is 12.0. The normalized spacial score (nSPS) is 20.8. The van der Waals surface area contributed by atoms with Gasteiger partial charge in [0.25, 0.3) is 5.91 Å². The molecule has 1 unspecified atom stereocenters. The molecule has 0 aliphatic carbocycles. The fourth-order valence-electron chi connectivity index (χ4n) is 1.75. The molecule has 0 aromatic carbocycles. The highest BCUT2D eigenvalue weighted by Gasteiger charge is 2.22. The van der Waals surface area contributed by atoms with E-state index >= 15 is 0 Å². The molecule has 5 heteroatoms. The third kappa shape index (κ3) is 2.47. The van der Waals surface area contributed by atoms with E-state index in [0.717, 1.165) is 18.8 Å². The minimum atomic E-state index is -0.231. The lowest BCUT2D eigenvalue weighted by Gasteiger charge is -2.30. The molecule has 16 heavy (non-hydrogen) atoms. The summed E-state index contributed by atoms with van der Waals surface area (Å²) in [5, 5.41) is 0.466. The highest BCUT2D eigenvalue weighted by Crippen LogP contribution is 2.18. The Kier molecular flexibility index (Phi) is 3.33. The number of amides is 1. The Morgan fingerprint density at radius 1 is 1.56 bits per heavy atom. The van der Waals surface area contributed by atoms with E-state index in [1.54, 1.807) is 17.0 Å². The van der Waals surface area contributed by atoms with Gasteiger partial charge in [-0.3, -0.25) is 9.59 Å². The Hall–Kier alpha value is -1.23. The van der Waals surface area contributed by atoms with Crippen LogP contribution in [0.15, 0.2) is 23.0 Å². The van der Waals surface area contributed by atoms with Crippen LogP contribution in [0.25, 0.3) is 0 Å². The van der Waals surface area contributed by atoms with Crippen molar-refractivity contribution in [1.29, 1.82) is 0 Å². The first kappa shape index (κ1) is 11.3. The predicted octanol–water partition coefficient (Wildman–Crippen LogP) is 0.952. The molecule has 1 aliphatic rings. The van der Waals surface area contributed by atoms with Crippen LogP contribution in [0.3, 0.4) is 0 Å². The number of carbonyl (C=O) groups is 1. The summed E-state index contributed by atoms with van der Waals surface area (Å²) < 4.78 is 0. The van der Waals surface area contributed by atoms with Gasteiger partial charge in [-0.1, -0.05) is 13.0 Å². The van der Waals surface area contributed by atoms with Crippen molar-refractivity contribution in [1.82, 2.24) is 9.88 Å². The number of nitrogens with zero attached hydrogens (tertiary/aromatic N) is 1. The molecule has 2 rings (SSSR count). The number of nitrogens with one attached hydrogen (secondary N) is 1. The van der Waals surface area contributed by atoms with Crippen molar-refractivity contribution in [2.45, 2.75) is 12.2 Å². The van der Waals surface area contributed by atoms with Gasteiger partial charge in [0.1, 0.15) is 5.69 Å². The molecule has 1 fully saturated rings.